The summed E-state index contributed by atoms with van der Waals surface area (Å²) in [5.74, 6) is -1.01. The van der Waals surface area contributed by atoms with Crippen molar-refractivity contribution in [1.82, 2.24) is 25.3 Å². The summed E-state index contributed by atoms with van der Waals surface area (Å²) in [4.78, 5) is 54.6. The van der Waals surface area contributed by atoms with Crippen molar-refractivity contribution in [2.45, 2.75) is 29.9 Å². The molecule has 0 bridgehead atoms. The number of amides is 4. The third-order valence-electron chi connectivity index (χ3n) is 5.72. The first kappa shape index (κ1) is 24.0. The van der Waals surface area contributed by atoms with Crippen LogP contribution in [-0.2, 0) is 14.4 Å². The molecule has 11 heteroatoms. The third-order valence-corrected chi connectivity index (χ3v) is 7.25. The molecule has 32 heavy (non-hydrogen) atoms. The zero-order chi connectivity index (χ0) is 23.7. The molecule has 0 radical (unpaired) electrons. The van der Waals surface area contributed by atoms with Crippen LogP contribution in [0.3, 0.4) is 0 Å². The van der Waals surface area contributed by atoms with Gasteiger partial charge in [0.05, 0.1) is 30.7 Å². The number of imide groups is 1. The van der Waals surface area contributed by atoms with Gasteiger partial charge in [-0.2, -0.15) is 0 Å². The second-order valence-electron chi connectivity index (χ2n) is 8.08. The highest BCUT2D eigenvalue weighted by Gasteiger charge is 2.52. The summed E-state index contributed by atoms with van der Waals surface area (Å²) in [7, 11) is 7.81. The number of methoxy groups -OCH3 is 1. The van der Waals surface area contributed by atoms with Gasteiger partial charge in [-0.05, 0) is 24.6 Å². The molecular weight excluding hydrogens is 434 g/mol. The topological polar surface area (TPSA) is 111 Å². The molecular formula is C21H29N5O5S. The van der Waals surface area contributed by atoms with Crippen molar-refractivity contribution in [3.05, 3.63) is 29.8 Å². The number of nitrogens with zero attached hydrogens (tertiary/aromatic N) is 3. The average molecular weight is 464 g/mol. The number of rotatable bonds is 6. The number of ketones is 1. The number of fused-ring (bicyclic) bond motifs is 1. The number of Topliss-reactive ketones (excluding diaryl/α,β-unsaturated/α-hetero) is 1. The van der Waals surface area contributed by atoms with Crippen LogP contribution in [0.4, 0.5) is 4.79 Å². The SMILES string of the molecule is COc1ccc(C2NC(SC(C(C)=O)C(=O)N(C)C)C3C(=O)N(C)C(=O)N(C)C3N2)cc1. The van der Waals surface area contributed by atoms with Gasteiger partial charge in [0.2, 0.25) is 11.8 Å². The predicted octanol–water partition coefficient (Wildman–Crippen LogP) is 0.458. The minimum Gasteiger partial charge on any atom is -0.497 e. The van der Waals surface area contributed by atoms with Crippen LogP contribution in [-0.4, -0.2) is 90.4 Å². The lowest BCUT2D eigenvalue weighted by atomic mass is 9.96. The first-order chi connectivity index (χ1) is 15.1. The molecule has 5 atom stereocenters. The molecule has 1 aromatic carbocycles. The molecule has 2 N–H and O–H groups in total. The fourth-order valence-electron chi connectivity index (χ4n) is 3.87. The van der Waals surface area contributed by atoms with E-state index in [4.69, 9.17) is 4.74 Å². The lowest BCUT2D eigenvalue weighted by molar-refractivity contribution is -0.140. The summed E-state index contributed by atoms with van der Waals surface area (Å²) in [6.45, 7) is 1.36. The molecule has 0 saturated carbocycles. The Hall–Kier alpha value is -2.63. The highest BCUT2D eigenvalue weighted by atomic mass is 32.2. The maximum Gasteiger partial charge on any atom is 0.327 e. The van der Waals surface area contributed by atoms with Crippen molar-refractivity contribution in [3.8, 4) is 5.75 Å². The van der Waals surface area contributed by atoms with Gasteiger partial charge in [0.15, 0.2) is 5.78 Å². The van der Waals surface area contributed by atoms with Gasteiger partial charge < -0.3 is 14.5 Å². The Bertz CT molecular complexity index is 908. The van der Waals surface area contributed by atoms with Crippen LogP contribution >= 0.6 is 11.8 Å². The minimum atomic E-state index is -0.973. The number of urea groups is 1. The van der Waals surface area contributed by atoms with E-state index < -0.39 is 34.9 Å². The summed E-state index contributed by atoms with van der Waals surface area (Å²) in [6.07, 6.45) is -1.03. The number of hydrogen-bond acceptors (Lipinski definition) is 8. The Morgan fingerprint density at radius 1 is 1.12 bits per heavy atom. The second-order valence-corrected chi connectivity index (χ2v) is 9.33. The van der Waals surface area contributed by atoms with Crippen molar-refractivity contribution in [2.24, 2.45) is 5.92 Å². The van der Waals surface area contributed by atoms with E-state index in [1.807, 2.05) is 24.3 Å². The van der Waals surface area contributed by atoms with E-state index in [-0.39, 0.29) is 17.6 Å². The van der Waals surface area contributed by atoms with E-state index in [0.29, 0.717) is 5.75 Å². The van der Waals surface area contributed by atoms with Crippen LogP contribution in [0, 0.1) is 5.92 Å². The predicted molar refractivity (Wildman–Crippen MR) is 120 cm³/mol. The molecule has 2 aliphatic rings. The molecule has 2 heterocycles. The van der Waals surface area contributed by atoms with Crippen molar-refractivity contribution in [2.75, 3.05) is 35.3 Å². The van der Waals surface area contributed by atoms with Crippen molar-refractivity contribution >= 4 is 35.4 Å². The molecule has 4 amide bonds. The Labute approximate surface area is 191 Å². The molecule has 2 saturated heterocycles. The highest BCUT2D eigenvalue weighted by Crippen LogP contribution is 2.36. The number of carbonyl (C=O) groups is 4. The van der Waals surface area contributed by atoms with Crippen molar-refractivity contribution < 1.29 is 23.9 Å². The molecule has 0 aliphatic carbocycles. The first-order valence-electron chi connectivity index (χ1n) is 10.1. The highest BCUT2D eigenvalue weighted by molar-refractivity contribution is 8.02. The third kappa shape index (κ3) is 4.45. The Morgan fingerprint density at radius 3 is 2.28 bits per heavy atom. The van der Waals surface area contributed by atoms with Gasteiger partial charge in [-0.25, -0.2) is 4.79 Å². The van der Waals surface area contributed by atoms with Gasteiger partial charge in [-0.15, -0.1) is 11.8 Å². The Kier molecular flexibility index (Phi) is 7.11. The van der Waals surface area contributed by atoms with Gasteiger partial charge in [0.1, 0.15) is 11.0 Å². The van der Waals surface area contributed by atoms with Crippen LogP contribution in [0.25, 0.3) is 0 Å². The van der Waals surface area contributed by atoms with E-state index in [2.05, 4.69) is 10.6 Å². The molecule has 0 spiro atoms. The largest absolute Gasteiger partial charge is 0.497 e. The number of carbonyl (C=O) groups excluding carboxylic acids is 4. The quantitative estimate of drug-likeness (QED) is 0.586. The molecule has 0 aromatic heterocycles. The summed E-state index contributed by atoms with van der Waals surface area (Å²) in [5, 5.41) is 5.14. The smallest absolute Gasteiger partial charge is 0.327 e. The summed E-state index contributed by atoms with van der Waals surface area (Å²) >= 11 is 1.11. The van der Waals surface area contributed by atoms with E-state index in [0.717, 1.165) is 22.2 Å². The summed E-state index contributed by atoms with van der Waals surface area (Å²) in [5.41, 5.74) is 0.861. The van der Waals surface area contributed by atoms with E-state index in [1.165, 1.54) is 23.8 Å². The molecule has 5 unspecified atom stereocenters. The molecule has 174 valence electrons. The lowest BCUT2D eigenvalue weighted by Crippen LogP contribution is -2.72. The van der Waals surface area contributed by atoms with Crippen molar-refractivity contribution in [1.29, 1.82) is 0 Å². The van der Waals surface area contributed by atoms with Crippen LogP contribution < -0.4 is 15.4 Å². The zero-order valence-electron chi connectivity index (χ0n) is 19.0. The van der Waals surface area contributed by atoms with Gasteiger partial charge in [0.25, 0.3) is 0 Å². The van der Waals surface area contributed by atoms with Gasteiger partial charge >= 0.3 is 6.03 Å². The first-order valence-corrected chi connectivity index (χ1v) is 11.1. The van der Waals surface area contributed by atoms with Crippen LogP contribution in [0.15, 0.2) is 24.3 Å². The number of ether oxygens (including phenoxy) is 1. The number of thioether (sulfide) groups is 1. The summed E-state index contributed by atoms with van der Waals surface area (Å²) in [6, 6.07) is 6.95. The fraction of sp³-hybridized carbons (Fsp3) is 0.524. The van der Waals surface area contributed by atoms with Crippen molar-refractivity contribution in [3.63, 3.8) is 0 Å². The molecule has 2 aliphatic heterocycles. The maximum absolute atomic E-state index is 13.1. The molecule has 2 fully saturated rings. The number of nitrogens with one attached hydrogen (secondary N) is 2. The number of hydrogen-bond donors (Lipinski definition) is 2. The van der Waals surface area contributed by atoms with Gasteiger partial charge in [-0.1, -0.05) is 12.1 Å². The normalized spacial score (nSPS) is 26.4. The van der Waals surface area contributed by atoms with Crippen LogP contribution in [0.2, 0.25) is 0 Å². The maximum atomic E-state index is 13.1. The van der Waals surface area contributed by atoms with E-state index >= 15 is 0 Å². The van der Waals surface area contributed by atoms with Gasteiger partial charge in [0, 0.05) is 28.2 Å². The molecule has 10 nitrogen and oxygen atoms in total. The second kappa shape index (κ2) is 9.47. The Morgan fingerprint density at radius 2 is 1.75 bits per heavy atom. The number of benzene rings is 1. The lowest BCUT2D eigenvalue weighted by Gasteiger charge is -2.50. The fourth-order valence-corrected chi connectivity index (χ4v) is 5.33. The van der Waals surface area contributed by atoms with Gasteiger partial charge in [-0.3, -0.25) is 29.9 Å². The van der Waals surface area contributed by atoms with E-state index in [9.17, 15) is 19.2 Å². The van der Waals surface area contributed by atoms with E-state index in [1.54, 1.807) is 28.3 Å². The van der Waals surface area contributed by atoms with Crippen LogP contribution in [0.5, 0.6) is 5.75 Å². The molecule has 3 rings (SSSR count). The zero-order valence-corrected chi connectivity index (χ0v) is 19.8. The standard InChI is InChI=1S/C21H29N5O5S/c1-11(27)15(20(29)24(2)3)32-18-14-17(25(4)21(30)26(5)19(14)28)22-16(23-18)12-7-9-13(31-6)10-8-12/h7-10,14-18,22-23H,1-6H3. The minimum absolute atomic E-state index is 0.298. The molecule has 1 aromatic rings. The summed E-state index contributed by atoms with van der Waals surface area (Å²) < 4.78 is 5.22. The van der Waals surface area contributed by atoms with Crippen LogP contribution in [0.1, 0.15) is 18.7 Å². The average Bonchev–Trinajstić information content (AvgIpc) is 2.78. The monoisotopic (exact) mass is 463 g/mol. The Balaban J connectivity index is 1.98.